The van der Waals surface area contributed by atoms with Crippen LogP contribution in [0.2, 0.25) is 0 Å². The molecule has 0 spiro atoms. The fourth-order valence-corrected chi connectivity index (χ4v) is 9.37. The lowest BCUT2D eigenvalue weighted by Gasteiger charge is -2.35. The van der Waals surface area contributed by atoms with Crippen molar-refractivity contribution in [2.75, 3.05) is 91.1 Å². The first kappa shape index (κ1) is 48.4. The van der Waals surface area contributed by atoms with Gasteiger partial charge in [0.1, 0.15) is 49.4 Å². The van der Waals surface area contributed by atoms with E-state index in [1.807, 2.05) is 48.5 Å². The first-order chi connectivity index (χ1) is 35.0. The van der Waals surface area contributed by atoms with E-state index in [-0.39, 0.29) is 0 Å². The second-order valence-electron chi connectivity index (χ2n) is 17.0. The summed E-state index contributed by atoms with van der Waals surface area (Å²) in [5.41, 5.74) is 12.1. The topological polar surface area (TPSA) is 80.3 Å². The second kappa shape index (κ2) is 23.3. The smallest absolute Gasteiger partial charge is 0.119 e. The zero-order chi connectivity index (χ0) is 48.8. The summed E-state index contributed by atoms with van der Waals surface area (Å²) < 4.78 is 45.0. The molecule has 0 unspecified atom stereocenters. The molecule has 0 radical (unpaired) electrons. The molecule has 362 valence electrons. The quantitative estimate of drug-likeness (QED) is 0.0546. The van der Waals surface area contributed by atoms with Gasteiger partial charge in [-0.15, -0.1) is 0 Å². The van der Waals surface area contributed by atoms with E-state index in [1.54, 1.807) is 28.4 Å². The van der Waals surface area contributed by atoms with Crippen LogP contribution in [0, 0.1) is 0 Å². The third-order valence-electron chi connectivity index (χ3n) is 12.6. The zero-order valence-corrected chi connectivity index (χ0v) is 40.8. The van der Waals surface area contributed by atoms with Gasteiger partial charge < -0.3 is 47.7 Å². The molecule has 8 aromatic rings. The fourth-order valence-electron chi connectivity index (χ4n) is 9.37. The molecule has 0 N–H and O–H groups in total. The summed E-state index contributed by atoms with van der Waals surface area (Å²) in [6.07, 6.45) is 0. The summed E-state index contributed by atoms with van der Waals surface area (Å²) >= 11 is 0. The van der Waals surface area contributed by atoms with Crippen LogP contribution in [-0.4, -0.2) is 81.3 Å². The van der Waals surface area contributed by atoms with Gasteiger partial charge in [-0.3, -0.25) is 0 Å². The van der Waals surface area contributed by atoms with Crippen molar-refractivity contribution in [2.45, 2.75) is 5.41 Å². The molecule has 0 heterocycles. The molecule has 0 atom stereocenters. The Balaban J connectivity index is 1.21. The Labute approximate surface area is 417 Å². The van der Waals surface area contributed by atoms with Gasteiger partial charge in [0, 0.05) is 62.6 Å². The molecular weight excluding hydrogens is 889 g/mol. The molecule has 1 aliphatic rings. The van der Waals surface area contributed by atoms with E-state index in [9.17, 15) is 0 Å². The van der Waals surface area contributed by atoms with Crippen LogP contribution in [0.4, 0.5) is 34.1 Å². The third kappa shape index (κ3) is 10.6. The first-order valence-corrected chi connectivity index (χ1v) is 23.9. The minimum absolute atomic E-state index is 0.461. The van der Waals surface area contributed by atoms with Crippen LogP contribution in [0.25, 0.3) is 11.1 Å². The molecule has 1 aliphatic carbocycles. The Morgan fingerprint density at radius 1 is 0.296 bits per heavy atom. The predicted molar refractivity (Wildman–Crippen MR) is 283 cm³/mol. The SMILES string of the molecule is COCCOc1ccc(N(c2ccc(OCCOC)cc2)c2ccc3c(c2)C(c2ccccc2)(c2ccccc2)c2cc(N(c4ccc(OCCOC)cc4)c4ccc(OCCOC)cc4)ccc2-3)cc1. The summed E-state index contributed by atoms with van der Waals surface area (Å²) in [7, 11) is 6.70. The maximum Gasteiger partial charge on any atom is 0.119 e. The van der Waals surface area contributed by atoms with Crippen LogP contribution in [0.1, 0.15) is 22.3 Å². The van der Waals surface area contributed by atoms with Gasteiger partial charge in [0.2, 0.25) is 0 Å². The van der Waals surface area contributed by atoms with Crippen molar-refractivity contribution in [2.24, 2.45) is 0 Å². The highest BCUT2D eigenvalue weighted by Gasteiger charge is 2.47. The normalized spacial score (nSPS) is 12.2. The summed E-state index contributed by atoms with van der Waals surface area (Å²) in [4.78, 5) is 4.58. The minimum atomic E-state index is -0.729. The van der Waals surface area contributed by atoms with Crippen LogP contribution < -0.4 is 28.7 Å². The molecule has 10 heteroatoms. The van der Waals surface area contributed by atoms with Crippen LogP contribution in [0.15, 0.2) is 194 Å². The van der Waals surface area contributed by atoms with Gasteiger partial charge in [-0.25, -0.2) is 0 Å². The van der Waals surface area contributed by atoms with Gasteiger partial charge in [-0.2, -0.15) is 0 Å². The van der Waals surface area contributed by atoms with E-state index in [0.29, 0.717) is 52.9 Å². The number of rotatable bonds is 24. The maximum absolute atomic E-state index is 6.01. The lowest BCUT2D eigenvalue weighted by Crippen LogP contribution is -2.29. The van der Waals surface area contributed by atoms with E-state index in [4.69, 9.17) is 37.9 Å². The largest absolute Gasteiger partial charge is 0.491 e. The van der Waals surface area contributed by atoms with Gasteiger partial charge in [0.05, 0.1) is 31.8 Å². The molecule has 8 aromatic carbocycles. The summed E-state index contributed by atoms with van der Waals surface area (Å²) in [5, 5.41) is 0. The first-order valence-electron chi connectivity index (χ1n) is 23.9. The van der Waals surface area contributed by atoms with E-state index in [2.05, 4.69) is 155 Å². The number of nitrogens with zero attached hydrogens (tertiary/aromatic N) is 2. The minimum Gasteiger partial charge on any atom is -0.491 e. The van der Waals surface area contributed by atoms with Crippen molar-refractivity contribution in [3.05, 3.63) is 216 Å². The van der Waals surface area contributed by atoms with Gasteiger partial charge in [-0.1, -0.05) is 72.8 Å². The zero-order valence-electron chi connectivity index (χ0n) is 40.8. The number of benzene rings is 8. The monoisotopic (exact) mass is 948 g/mol. The van der Waals surface area contributed by atoms with Crippen molar-refractivity contribution in [1.82, 2.24) is 0 Å². The van der Waals surface area contributed by atoms with E-state index in [1.165, 1.54) is 11.1 Å². The van der Waals surface area contributed by atoms with Crippen LogP contribution in [0.5, 0.6) is 23.0 Å². The van der Waals surface area contributed by atoms with Crippen molar-refractivity contribution < 1.29 is 37.9 Å². The van der Waals surface area contributed by atoms with Crippen LogP contribution in [-0.2, 0) is 24.4 Å². The average molecular weight is 949 g/mol. The van der Waals surface area contributed by atoms with Crippen LogP contribution in [0.3, 0.4) is 0 Å². The van der Waals surface area contributed by atoms with Crippen molar-refractivity contribution in [1.29, 1.82) is 0 Å². The Bertz CT molecular complexity index is 2610. The average Bonchev–Trinajstić information content (AvgIpc) is 3.71. The van der Waals surface area contributed by atoms with Crippen molar-refractivity contribution in [3.63, 3.8) is 0 Å². The molecule has 10 nitrogen and oxygen atoms in total. The maximum atomic E-state index is 6.01. The highest BCUT2D eigenvalue weighted by Crippen LogP contribution is 2.58. The van der Waals surface area contributed by atoms with Crippen molar-refractivity contribution in [3.8, 4) is 34.1 Å². The van der Waals surface area contributed by atoms with Gasteiger partial charge in [-0.05, 0) is 155 Å². The summed E-state index contributed by atoms with van der Waals surface area (Å²) in [6, 6.07) is 68.5. The Hall–Kier alpha value is -7.60. The number of anilines is 6. The molecule has 0 saturated carbocycles. The summed E-state index contributed by atoms with van der Waals surface area (Å²) in [5.74, 6) is 3.08. The van der Waals surface area contributed by atoms with E-state index in [0.717, 1.165) is 79.4 Å². The number of hydrogen-bond donors (Lipinski definition) is 0. The predicted octanol–water partition coefficient (Wildman–Crippen LogP) is 13.1. The molecule has 0 fully saturated rings. The lowest BCUT2D eigenvalue weighted by atomic mass is 9.67. The van der Waals surface area contributed by atoms with Gasteiger partial charge >= 0.3 is 0 Å². The number of methoxy groups -OCH3 is 4. The lowest BCUT2D eigenvalue weighted by molar-refractivity contribution is 0.146. The second-order valence-corrected chi connectivity index (χ2v) is 17.0. The van der Waals surface area contributed by atoms with E-state index >= 15 is 0 Å². The van der Waals surface area contributed by atoms with Crippen LogP contribution >= 0.6 is 0 Å². The molecule has 9 rings (SSSR count). The highest BCUT2D eigenvalue weighted by atomic mass is 16.5. The third-order valence-corrected chi connectivity index (χ3v) is 12.6. The number of ether oxygens (including phenoxy) is 8. The van der Waals surface area contributed by atoms with Crippen molar-refractivity contribution >= 4 is 34.1 Å². The molecule has 0 aliphatic heterocycles. The van der Waals surface area contributed by atoms with Gasteiger partial charge in [0.15, 0.2) is 0 Å². The Morgan fingerprint density at radius 2 is 0.563 bits per heavy atom. The van der Waals surface area contributed by atoms with E-state index < -0.39 is 5.41 Å². The number of fused-ring (bicyclic) bond motifs is 3. The summed E-state index contributed by atoms with van der Waals surface area (Å²) in [6.45, 7) is 3.86. The molecule has 0 amide bonds. The Morgan fingerprint density at radius 3 is 0.831 bits per heavy atom. The molecule has 0 aromatic heterocycles. The molecule has 0 bridgehead atoms. The fraction of sp³-hybridized carbons (Fsp3) is 0.213. The van der Waals surface area contributed by atoms with Gasteiger partial charge in [0.25, 0.3) is 0 Å². The molecular formula is C61H60N2O8. The highest BCUT2D eigenvalue weighted by molar-refractivity contribution is 5.92. The standard InChI is InChI=1S/C61H60N2O8/c1-64-35-39-68-53-25-15-47(16-26-53)62(48-17-27-54(28-18-48)69-40-36-65-2)51-23-33-57-58-34-24-52(44-60(58)61(59(57)43-51,45-11-7-5-8-12-45)46-13-9-6-10-14-46)63(49-19-29-55(30-20-49)70-41-37-66-3)50-21-31-56(32-22-50)71-42-38-67-4/h5-34,43-44H,35-42H2,1-4H3. The Kier molecular flexibility index (Phi) is 15.9. The molecule has 71 heavy (non-hydrogen) atoms. The number of hydrogen-bond acceptors (Lipinski definition) is 10. The molecule has 0 saturated heterocycles.